The fourth-order valence-corrected chi connectivity index (χ4v) is 5.35. The summed E-state index contributed by atoms with van der Waals surface area (Å²) in [5, 5.41) is 7.98. The highest BCUT2D eigenvalue weighted by Gasteiger charge is 2.25. The molecule has 0 spiro atoms. The number of halogens is 2. The van der Waals surface area contributed by atoms with Gasteiger partial charge in [-0.1, -0.05) is 41.9 Å². The Morgan fingerprint density at radius 1 is 1.18 bits per heavy atom. The van der Waals surface area contributed by atoms with Crippen molar-refractivity contribution in [1.29, 1.82) is 0 Å². The molecule has 33 heavy (non-hydrogen) atoms. The van der Waals surface area contributed by atoms with Crippen LogP contribution >= 0.6 is 22.9 Å². The van der Waals surface area contributed by atoms with Crippen molar-refractivity contribution in [3.63, 3.8) is 0 Å². The van der Waals surface area contributed by atoms with Crippen LogP contribution in [-0.4, -0.2) is 32.1 Å². The zero-order chi connectivity index (χ0) is 22.9. The molecule has 0 aliphatic carbocycles. The summed E-state index contributed by atoms with van der Waals surface area (Å²) in [6, 6.07) is 16.2. The summed E-state index contributed by atoms with van der Waals surface area (Å²) in [7, 11) is 0. The number of nitrogens with zero attached hydrogens (tertiary/aromatic N) is 4. The third-order valence-electron chi connectivity index (χ3n) is 5.58. The zero-order valence-electron chi connectivity index (χ0n) is 17.9. The van der Waals surface area contributed by atoms with Gasteiger partial charge in [-0.15, -0.1) is 11.3 Å². The minimum absolute atomic E-state index is 0.173. The van der Waals surface area contributed by atoms with Crippen molar-refractivity contribution in [1.82, 2.24) is 19.7 Å². The minimum atomic E-state index is -0.363. The van der Waals surface area contributed by atoms with E-state index in [2.05, 4.69) is 44.6 Å². The molecule has 1 aliphatic rings. The number of benzene rings is 2. The normalized spacial score (nSPS) is 13.7. The van der Waals surface area contributed by atoms with E-state index >= 15 is 0 Å². The van der Waals surface area contributed by atoms with Crippen molar-refractivity contribution in [2.45, 2.75) is 26.4 Å². The van der Waals surface area contributed by atoms with Gasteiger partial charge < -0.3 is 0 Å². The van der Waals surface area contributed by atoms with Gasteiger partial charge in [0, 0.05) is 30.9 Å². The number of thiazole rings is 1. The first-order valence-electron chi connectivity index (χ1n) is 10.5. The molecule has 0 saturated heterocycles. The molecule has 0 bridgehead atoms. The molecule has 9 heteroatoms. The number of anilines is 1. The number of carbonyl (C=O) groups excluding carboxylic acids is 1. The molecular weight excluding hydrogens is 461 g/mol. The number of amides is 1. The summed E-state index contributed by atoms with van der Waals surface area (Å²) < 4.78 is 14.7. The van der Waals surface area contributed by atoms with E-state index < -0.39 is 0 Å². The monoisotopic (exact) mass is 481 g/mol. The maximum Gasteiger partial charge on any atom is 0.262 e. The number of aryl methyl sites for hydroxylation is 1. The Morgan fingerprint density at radius 3 is 2.70 bits per heavy atom. The third kappa shape index (κ3) is 4.55. The number of aromatic nitrogens is 3. The first kappa shape index (κ1) is 21.8. The van der Waals surface area contributed by atoms with E-state index in [1.165, 1.54) is 33.7 Å². The lowest BCUT2D eigenvalue weighted by Crippen LogP contribution is -2.29. The molecule has 2 aromatic heterocycles. The molecule has 4 aromatic rings. The number of rotatable bonds is 5. The maximum absolute atomic E-state index is 13.3. The molecule has 5 rings (SSSR count). The smallest absolute Gasteiger partial charge is 0.262 e. The molecule has 2 aromatic carbocycles. The standard InChI is InChI=1S/C24H21ClFN5OS/c1-15-21(22(25)31(29-15)18-9-7-17(26)8-10-18)23(32)28-24-27-19-11-12-30(14-20(19)33-24)13-16-5-3-2-4-6-16/h2-10H,11-14H2,1H3,(H,27,28,32). The highest BCUT2D eigenvalue weighted by Crippen LogP contribution is 2.30. The van der Waals surface area contributed by atoms with Gasteiger partial charge in [-0.3, -0.25) is 15.0 Å². The van der Waals surface area contributed by atoms with E-state index in [9.17, 15) is 9.18 Å². The van der Waals surface area contributed by atoms with Crippen LogP contribution in [0.3, 0.4) is 0 Å². The van der Waals surface area contributed by atoms with Crippen LogP contribution in [0.5, 0.6) is 0 Å². The van der Waals surface area contributed by atoms with Crippen LogP contribution in [0, 0.1) is 12.7 Å². The van der Waals surface area contributed by atoms with E-state index in [0.29, 0.717) is 16.5 Å². The van der Waals surface area contributed by atoms with Crippen molar-refractivity contribution in [3.8, 4) is 5.69 Å². The molecule has 0 radical (unpaired) electrons. The first-order valence-corrected chi connectivity index (χ1v) is 11.7. The van der Waals surface area contributed by atoms with Gasteiger partial charge in [0.25, 0.3) is 5.91 Å². The van der Waals surface area contributed by atoms with E-state index in [0.717, 1.165) is 36.6 Å². The lowest BCUT2D eigenvalue weighted by molar-refractivity contribution is 0.102. The number of carbonyl (C=O) groups is 1. The number of fused-ring (bicyclic) bond motifs is 1. The molecule has 3 heterocycles. The Morgan fingerprint density at radius 2 is 1.94 bits per heavy atom. The summed E-state index contributed by atoms with van der Waals surface area (Å²) in [6.07, 6.45) is 0.844. The Bertz CT molecular complexity index is 1300. The molecule has 6 nitrogen and oxygen atoms in total. The molecule has 1 amide bonds. The van der Waals surface area contributed by atoms with Crippen molar-refractivity contribution in [3.05, 3.63) is 93.0 Å². The zero-order valence-corrected chi connectivity index (χ0v) is 19.5. The van der Waals surface area contributed by atoms with E-state index in [-0.39, 0.29) is 22.4 Å². The Hall–Kier alpha value is -3.07. The van der Waals surface area contributed by atoms with Gasteiger partial charge in [0.05, 0.1) is 17.1 Å². The second-order valence-corrected chi connectivity index (χ2v) is 9.37. The predicted molar refractivity (Wildman–Crippen MR) is 128 cm³/mol. The van der Waals surface area contributed by atoms with Crippen LogP contribution in [0.4, 0.5) is 9.52 Å². The van der Waals surface area contributed by atoms with E-state index in [1.54, 1.807) is 19.1 Å². The summed E-state index contributed by atoms with van der Waals surface area (Å²) in [6.45, 7) is 4.33. The average Bonchev–Trinajstić information content (AvgIpc) is 3.33. The maximum atomic E-state index is 13.3. The molecule has 168 valence electrons. The van der Waals surface area contributed by atoms with Crippen molar-refractivity contribution < 1.29 is 9.18 Å². The lowest BCUT2D eigenvalue weighted by atomic mass is 10.1. The van der Waals surface area contributed by atoms with Crippen LogP contribution in [-0.2, 0) is 19.5 Å². The van der Waals surface area contributed by atoms with Crippen LogP contribution < -0.4 is 5.32 Å². The fraction of sp³-hybridized carbons (Fsp3) is 0.208. The van der Waals surface area contributed by atoms with Crippen LogP contribution in [0.15, 0.2) is 54.6 Å². The molecule has 1 aliphatic heterocycles. The summed E-state index contributed by atoms with van der Waals surface area (Å²) >= 11 is 7.98. The Balaban J connectivity index is 1.31. The van der Waals surface area contributed by atoms with Crippen LogP contribution in [0.25, 0.3) is 5.69 Å². The predicted octanol–water partition coefficient (Wildman–Crippen LogP) is 5.24. The Labute approximate surface area is 199 Å². The molecule has 0 unspecified atom stereocenters. The second kappa shape index (κ2) is 9.05. The van der Waals surface area contributed by atoms with E-state index in [4.69, 9.17) is 11.6 Å². The molecule has 1 N–H and O–H groups in total. The number of nitrogens with one attached hydrogen (secondary N) is 1. The minimum Gasteiger partial charge on any atom is -0.298 e. The second-order valence-electron chi connectivity index (χ2n) is 7.93. The van der Waals surface area contributed by atoms with Gasteiger partial charge in [0.15, 0.2) is 5.13 Å². The average molecular weight is 482 g/mol. The van der Waals surface area contributed by atoms with Gasteiger partial charge in [-0.25, -0.2) is 14.1 Å². The van der Waals surface area contributed by atoms with Crippen molar-refractivity contribution >= 4 is 34.0 Å². The highest BCUT2D eigenvalue weighted by atomic mass is 35.5. The topological polar surface area (TPSA) is 63.1 Å². The number of hydrogen-bond donors (Lipinski definition) is 1. The quantitative estimate of drug-likeness (QED) is 0.423. The molecule has 0 saturated carbocycles. The first-order chi connectivity index (χ1) is 16.0. The van der Waals surface area contributed by atoms with Crippen LogP contribution in [0.2, 0.25) is 5.15 Å². The van der Waals surface area contributed by atoms with Gasteiger partial charge >= 0.3 is 0 Å². The summed E-state index contributed by atoms with van der Waals surface area (Å²) in [5.41, 5.74) is 3.65. The lowest BCUT2D eigenvalue weighted by Gasteiger charge is -2.25. The highest BCUT2D eigenvalue weighted by molar-refractivity contribution is 7.15. The van der Waals surface area contributed by atoms with Crippen molar-refractivity contribution in [2.75, 3.05) is 11.9 Å². The van der Waals surface area contributed by atoms with Crippen molar-refractivity contribution in [2.24, 2.45) is 0 Å². The fourth-order valence-electron chi connectivity index (χ4n) is 3.95. The largest absolute Gasteiger partial charge is 0.298 e. The van der Waals surface area contributed by atoms with Gasteiger partial charge in [0.2, 0.25) is 0 Å². The van der Waals surface area contributed by atoms with Gasteiger partial charge in [-0.2, -0.15) is 5.10 Å². The number of hydrogen-bond acceptors (Lipinski definition) is 5. The van der Waals surface area contributed by atoms with E-state index in [1.807, 2.05) is 6.07 Å². The van der Waals surface area contributed by atoms with Gasteiger partial charge in [-0.05, 0) is 36.8 Å². The molecule has 0 fully saturated rings. The summed E-state index contributed by atoms with van der Waals surface area (Å²) in [4.78, 5) is 21.2. The Kier molecular flexibility index (Phi) is 5.97. The molecular formula is C24H21ClFN5OS. The third-order valence-corrected chi connectivity index (χ3v) is 6.93. The molecule has 0 atom stereocenters. The SMILES string of the molecule is Cc1nn(-c2ccc(F)cc2)c(Cl)c1C(=O)Nc1nc2c(s1)CN(Cc1ccccc1)CC2. The van der Waals surface area contributed by atoms with Crippen LogP contribution in [0.1, 0.15) is 32.2 Å². The van der Waals surface area contributed by atoms with Gasteiger partial charge in [0.1, 0.15) is 16.5 Å². The summed E-state index contributed by atoms with van der Waals surface area (Å²) in [5.74, 6) is -0.718.